The third-order valence-corrected chi connectivity index (χ3v) is 1.06. The summed E-state index contributed by atoms with van der Waals surface area (Å²) in [5.41, 5.74) is 1.22. The Morgan fingerprint density at radius 3 is 2.40 bits per heavy atom. The van der Waals surface area contributed by atoms with Gasteiger partial charge < -0.3 is 5.32 Å². The molecule has 0 amide bonds. The molecule has 0 aromatic carbocycles. The third-order valence-electron chi connectivity index (χ3n) is 1.06. The van der Waals surface area contributed by atoms with Gasteiger partial charge in [-0.05, 0) is 33.8 Å². The lowest BCUT2D eigenvalue weighted by Crippen LogP contribution is -2.19. The number of allylic oxidation sites excluding steroid dienone is 4. The minimum absolute atomic E-state index is 0.529. The van der Waals surface area contributed by atoms with Crippen molar-refractivity contribution < 1.29 is 0 Å². The Kier molecular flexibility index (Phi) is 4.73. The van der Waals surface area contributed by atoms with E-state index in [4.69, 9.17) is 0 Å². The van der Waals surface area contributed by atoms with Gasteiger partial charge in [0.25, 0.3) is 0 Å². The normalized spacial score (nSPS) is 13.1. The highest BCUT2D eigenvalue weighted by Crippen LogP contribution is 1.90. The molecule has 0 fully saturated rings. The second-order valence-corrected chi connectivity index (χ2v) is 2.67. The molecule has 0 aromatic rings. The Morgan fingerprint density at radius 2 is 2.00 bits per heavy atom. The Morgan fingerprint density at radius 1 is 1.40 bits per heavy atom. The van der Waals surface area contributed by atoms with Crippen LogP contribution >= 0.6 is 0 Å². The van der Waals surface area contributed by atoms with Crippen LogP contribution in [0.3, 0.4) is 0 Å². The highest BCUT2D eigenvalue weighted by atomic mass is 14.9. The van der Waals surface area contributed by atoms with E-state index < -0.39 is 0 Å². The first-order valence-corrected chi connectivity index (χ1v) is 3.73. The van der Waals surface area contributed by atoms with Crippen molar-refractivity contribution in [2.75, 3.05) is 0 Å². The first-order chi connectivity index (χ1) is 4.66. The van der Waals surface area contributed by atoms with E-state index in [9.17, 15) is 0 Å². The molecule has 0 bridgehead atoms. The Hall–Kier alpha value is -0.720. The van der Waals surface area contributed by atoms with Gasteiger partial charge >= 0.3 is 0 Å². The molecule has 0 spiro atoms. The van der Waals surface area contributed by atoms with Gasteiger partial charge in [0.15, 0.2) is 0 Å². The van der Waals surface area contributed by atoms with Crippen molar-refractivity contribution in [3.8, 4) is 0 Å². The largest absolute Gasteiger partial charge is 0.386 e. The predicted octanol–water partition coefficient (Wildman–Crippen LogP) is 2.46. The average molecular weight is 139 g/mol. The van der Waals surface area contributed by atoms with E-state index in [2.05, 4.69) is 32.2 Å². The van der Waals surface area contributed by atoms with E-state index in [1.807, 2.05) is 19.1 Å². The fourth-order valence-electron chi connectivity index (χ4n) is 0.744. The second kappa shape index (κ2) is 5.10. The molecule has 10 heavy (non-hydrogen) atoms. The molecule has 58 valence electrons. The van der Waals surface area contributed by atoms with Crippen LogP contribution in [0.1, 0.15) is 27.7 Å². The average Bonchev–Trinajstić information content (AvgIpc) is 1.82. The maximum Gasteiger partial charge on any atom is 0.0201 e. The van der Waals surface area contributed by atoms with Crippen molar-refractivity contribution in [1.82, 2.24) is 5.32 Å². The topological polar surface area (TPSA) is 12.0 Å². The number of nitrogens with one attached hydrogen (secondary N) is 1. The summed E-state index contributed by atoms with van der Waals surface area (Å²) >= 11 is 0. The molecule has 0 saturated heterocycles. The molecular formula is C9H17N. The molecule has 0 aliphatic carbocycles. The van der Waals surface area contributed by atoms with Crippen molar-refractivity contribution in [3.05, 3.63) is 23.9 Å². The maximum atomic E-state index is 3.29. The van der Waals surface area contributed by atoms with Crippen LogP contribution in [-0.4, -0.2) is 6.04 Å². The smallest absolute Gasteiger partial charge is 0.0201 e. The number of rotatable bonds is 3. The summed E-state index contributed by atoms with van der Waals surface area (Å²) in [6.45, 7) is 8.35. The van der Waals surface area contributed by atoms with Gasteiger partial charge in [0, 0.05) is 11.7 Å². The molecule has 0 aromatic heterocycles. The van der Waals surface area contributed by atoms with Gasteiger partial charge in [0.1, 0.15) is 0 Å². The van der Waals surface area contributed by atoms with Crippen molar-refractivity contribution >= 4 is 0 Å². The van der Waals surface area contributed by atoms with Crippen LogP contribution < -0.4 is 5.32 Å². The quantitative estimate of drug-likeness (QED) is 0.592. The van der Waals surface area contributed by atoms with Crippen LogP contribution in [0.2, 0.25) is 0 Å². The van der Waals surface area contributed by atoms with Crippen LogP contribution in [0.15, 0.2) is 23.9 Å². The summed E-state index contributed by atoms with van der Waals surface area (Å²) in [7, 11) is 0. The predicted molar refractivity (Wildman–Crippen MR) is 46.8 cm³/mol. The molecule has 0 rings (SSSR count). The van der Waals surface area contributed by atoms with Gasteiger partial charge in [0.05, 0.1) is 0 Å². The Bertz CT molecular complexity index is 132. The minimum atomic E-state index is 0.529. The molecule has 0 saturated carbocycles. The summed E-state index contributed by atoms with van der Waals surface area (Å²) in [6, 6.07) is 0.529. The molecule has 1 nitrogen and oxygen atoms in total. The summed E-state index contributed by atoms with van der Waals surface area (Å²) in [4.78, 5) is 0. The molecule has 0 unspecified atom stereocenters. The van der Waals surface area contributed by atoms with E-state index in [0.29, 0.717) is 6.04 Å². The van der Waals surface area contributed by atoms with Crippen molar-refractivity contribution in [1.29, 1.82) is 0 Å². The molecule has 1 N–H and O–H groups in total. The number of hydrogen-bond donors (Lipinski definition) is 1. The monoisotopic (exact) mass is 139 g/mol. The molecule has 0 atom stereocenters. The van der Waals surface area contributed by atoms with Gasteiger partial charge in [-0.15, -0.1) is 0 Å². The lowest BCUT2D eigenvalue weighted by atomic mass is 10.3. The second-order valence-electron chi connectivity index (χ2n) is 2.67. The first kappa shape index (κ1) is 9.28. The van der Waals surface area contributed by atoms with Gasteiger partial charge in [-0.3, -0.25) is 0 Å². The van der Waals surface area contributed by atoms with E-state index in [-0.39, 0.29) is 0 Å². The fourth-order valence-corrected chi connectivity index (χ4v) is 0.744. The van der Waals surface area contributed by atoms with Gasteiger partial charge in [-0.25, -0.2) is 0 Å². The number of hydrogen-bond acceptors (Lipinski definition) is 1. The van der Waals surface area contributed by atoms with E-state index in [1.165, 1.54) is 5.70 Å². The van der Waals surface area contributed by atoms with Crippen LogP contribution in [0.5, 0.6) is 0 Å². The van der Waals surface area contributed by atoms with Gasteiger partial charge in [0.2, 0.25) is 0 Å². The standard InChI is InChI=1S/C9H17N/c1-5-6-7-9(4)10-8(2)3/h5-8,10H,1-4H3/b6-5-,9-7+. The lowest BCUT2D eigenvalue weighted by molar-refractivity contribution is 0.669. The highest BCUT2D eigenvalue weighted by Gasteiger charge is 1.88. The zero-order valence-corrected chi connectivity index (χ0v) is 7.31. The lowest BCUT2D eigenvalue weighted by Gasteiger charge is -2.08. The summed E-state index contributed by atoms with van der Waals surface area (Å²) in [5, 5.41) is 3.29. The zero-order valence-electron chi connectivity index (χ0n) is 7.31. The molecule has 0 heterocycles. The van der Waals surface area contributed by atoms with Crippen molar-refractivity contribution in [2.45, 2.75) is 33.7 Å². The summed E-state index contributed by atoms with van der Waals surface area (Å²) in [6.07, 6.45) is 6.12. The van der Waals surface area contributed by atoms with Crippen LogP contribution in [0.4, 0.5) is 0 Å². The van der Waals surface area contributed by atoms with Gasteiger partial charge in [-0.1, -0.05) is 12.2 Å². The fraction of sp³-hybridized carbons (Fsp3) is 0.556. The molecule has 0 aliphatic rings. The molecular weight excluding hydrogens is 122 g/mol. The minimum Gasteiger partial charge on any atom is -0.386 e. The molecule has 0 aliphatic heterocycles. The Balaban J connectivity index is 3.71. The highest BCUT2D eigenvalue weighted by molar-refractivity contribution is 5.08. The Labute approximate surface area is 63.8 Å². The zero-order chi connectivity index (χ0) is 7.98. The van der Waals surface area contributed by atoms with E-state index >= 15 is 0 Å². The third kappa shape index (κ3) is 5.42. The van der Waals surface area contributed by atoms with Crippen LogP contribution in [-0.2, 0) is 0 Å². The maximum absolute atomic E-state index is 3.29. The molecule has 1 heteroatoms. The SMILES string of the molecule is C/C=C\C=C(/C)NC(C)C. The summed E-state index contributed by atoms with van der Waals surface area (Å²) < 4.78 is 0. The van der Waals surface area contributed by atoms with Crippen molar-refractivity contribution in [3.63, 3.8) is 0 Å². The summed E-state index contributed by atoms with van der Waals surface area (Å²) in [5.74, 6) is 0. The van der Waals surface area contributed by atoms with Crippen LogP contribution in [0.25, 0.3) is 0 Å². The van der Waals surface area contributed by atoms with Crippen molar-refractivity contribution in [2.24, 2.45) is 0 Å². The van der Waals surface area contributed by atoms with E-state index in [0.717, 1.165) is 0 Å². The van der Waals surface area contributed by atoms with Gasteiger partial charge in [-0.2, -0.15) is 0 Å². The van der Waals surface area contributed by atoms with Crippen LogP contribution in [0, 0.1) is 0 Å². The van der Waals surface area contributed by atoms with E-state index in [1.54, 1.807) is 0 Å². The first-order valence-electron chi connectivity index (χ1n) is 3.73. The molecule has 0 radical (unpaired) electrons.